The molecule has 4 heterocycles. The van der Waals surface area contributed by atoms with Crippen molar-refractivity contribution in [2.45, 2.75) is 18.4 Å². The Morgan fingerprint density at radius 3 is 2.64 bits per heavy atom. The fraction of sp³-hybridized carbons (Fsp3) is 0.389. The molecule has 2 amide bonds. The highest BCUT2D eigenvalue weighted by Gasteiger charge is 2.43. The van der Waals surface area contributed by atoms with Gasteiger partial charge in [-0.25, -0.2) is 0 Å². The summed E-state index contributed by atoms with van der Waals surface area (Å²) in [6, 6.07) is 5.44. The number of morpholine rings is 1. The number of thiophene rings is 1. The molecule has 130 valence electrons. The van der Waals surface area contributed by atoms with Crippen molar-refractivity contribution < 1.29 is 14.3 Å². The lowest BCUT2D eigenvalue weighted by molar-refractivity contribution is -0.143. The highest BCUT2D eigenvalue weighted by Crippen LogP contribution is 2.33. The zero-order chi connectivity index (χ0) is 17.3. The van der Waals surface area contributed by atoms with Gasteiger partial charge >= 0.3 is 0 Å². The van der Waals surface area contributed by atoms with Crippen molar-refractivity contribution in [2.24, 2.45) is 0 Å². The first-order valence-corrected chi connectivity index (χ1v) is 9.27. The minimum absolute atomic E-state index is 0.000633. The summed E-state index contributed by atoms with van der Waals surface area (Å²) in [5.74, 6) is 0.0261. The molecule has 0 saturated carbocycles. The van der Waals surface area contributed by atoms with Crippen LogP contribution in [0.15, 0.2) is 41.4 Å². The van der Waals surface area contributed by atoms with Gasteiger partial charge in [-0.05, 0) is 36.4 Å². The predicted octanol–water partition coefficient (Wildman–Crippen LogP) is 2.18. The van der Waals surface area contributed by atoms with Crippen LogP contribution in [0, 0.1) is 0 Å². The number of hydrogen-bond donors (Lipinski definition) is 0. The van der Waals surface area contributed by atoms with Gasteiger partial charge in [0.1, 0.15) is 6.61 Å². The Morgan fingerprint density at radius 2 is 1.96 bits per heavy atom. The number of hydrogen-bond acceptors (Lipinski definition) is 5. The first-order chi connectivity index (χ1) is 12.2. The third-order valence-electron chi connectivity index (χ3n) is 4.96. The van der Waals surface area contributed by atoms with E-state index in [1.54, 1.807) is 35.9 Å². The highest BCUT2D eigenvalue weighted by atomic mass is 32.1. The second-order valence-corrected chi connectivity index (χ2v) is 7.24. The molecule has 0 radical (unpaired) electrons. The van der Waals surface area contributed by atoms with Crippen LogP contribution in [-0.2, 0) is 9.53 Å². The average Bonchev–Trinajstić information content (AvgIpc) is 3.19. The highest BCUT2D eigenvalue weighted by molar-refractivity contribution is 7.08. The van der Waals surface area contributed by atoms with Crippen molar-refractivity contribution in [2.75, 3.05) is 31.1 Å². The summed E-state index contributed by atoms with van der Waals surface area (Å²) in [5.41, 5.74) is 1.24. The van der Waals surface area contributed by atoms with E-state index in [-0.39, 0.29) is 24.0 Å². The van der Waals surface area contributed by atoms with Gasteiger partial charge in [-0.2, -0.15) is 11.3 Å². The zero-order valence-electron chi connectivity index (χ0n) is 13.8. The molecule has 2 aromatic rings. The standard InChI is InChI=1S/C18H19N3O3S/c22-16-11-24-18(13-21(16)15-3-10-25-12-15)4-8-20(9-5-18)17(23)14-1-6-19-7-2-14/h1-3,6-7,10,12H,4-5,8-9,11,13H2. The molecular formula is C18H19N3O3S. The topological polar surface area (TPSA) is 62.7 Å². The molecule has 0 unspecified atom stereocenters. The second kappa shape index (κ2) is 6.57. The molecule has 25 heavy (non-hydrogen) atoms. The van der Waals surface area contributed by atoms with Crippen LogP contribution in [0.1, 0.15) is 23.2 Å². The van der Waals surface area contributed by atoms with E-state index in [9.17, 15) is 9.59 Å². The molecule has 6 nitrogen and oxygen atoms in total. The predicted molar refractivity (Wildman–Crippen MR) is 94.7 cm³/mol. The second-order valence-electron chi connectivity index (χ2n) is 6.46. The van der Waals surface area contributed by atoms with Crippen LogP contribution in [0.25, 0.3) is 0 Å². The molecule has 2 aliphatic rings. The third-order valence-corrected chi connectivity index (χ3v) is 5.63. The Bertz CT molecular complexity index is 755. The monoisotopic (exact) mass is 357 g/mol. The van der Waals surface area contributed by atoms with Gasteiger partial charge in [-0.3, -0.25) is 14.6 Å². The lowest BCUT2D eigenvalue weighted by atomic mass is 9.89. The van der Waals surface area contributed by atoms with Crippen LogP contribution in [-0.4, -0.2) is 53.5 Å². The molecule has 0 aliphatic carbocycles. The fourth-order valence-electron chi connectivity index (χ4n) is 3.46. The number of aromatic nitrogens is 1. The SMILES string of the molecule is O=C(c1ccncc1)N1CCC2(CC1)CN(c1ccsc1)C(=O)CO2. The van der Waals surface area contributed by atoms with E-state index in [0.29, 0.717) is 25.2 Å². The van der Waals surface area contributed by atoms with Crippen molar-refractivity contribution in [3.8, 4) is 0 Å². The largest absolute Gasteiger partial charge is 0.363 e. The third kappa shape index (κ3) is 3.17. The number of pyridine rings is 1. The maximum Gasteiger partial charge on any atom is 0.253 e. The van der Waals surface area contributed by atoms with Gasteiger partial charge < -0.3 is 14.5 Å². The van der Waals surface area contributed by atoms with Crippen molar-refractivity contribution >= 4 is 28.8 Å². The minimum Gasteiger partial charge on any atom is -0.363 e. The van der Waals surface area contributed by atoms with Crippen LogP contribution < -0.4 is 4.90 Å². The molecule has 2 aliphatic heterocycles. The maximum absolute atomic E-state index is 12.6. The Morgan fingerprint density at radius 1 is 1.20 bits per heavy atom. The Kier molecular flexibility index (Phi) is 4.27. The van der Waals surface area contributed by atoms with E-state index < -0.39 is 0 Å². The molecule has 4 rings (SSSR count). The molecule has 0 aromatic carbocycles. The van der Waals surface area contributed by atoms with Crippen molar-refractivity contribution in [1.82, 2.24) is 9.88 Å². The Labute approximate surface area is 150 Å². The smallest absolute Gasteiger partial charge is 0.253 e. The summed E-state index contributed by atoms with van der Waals surface area (Å²) in [4.78, 5) is 32.4. The van der Waals surface area contributed by atoms with E-state index in [2.05, 4.69) is 4.98 Å². The van der Waals surface area contributed by atoms with E-state index in [1.807, 2.05) is 26.6 Å². The van der Waals surface area contributed by atoms with Gasteiger partial charge in [0.2, 0.25) is 0 Å². The summed E-state index contributed by atoms with van der Waals surface area (Å²) in [5, 5.41) is 3.96. The van der Waals surface area contributed by atoms with Crippen LogP contribution >= 0.6 is 11.3 Å². The summed E-state index contributed by atoms with van der Waals surface area (Å²) in [7, 11) is 0. The van der Waals surface area contributed by atoms with Gasteiger partial charge in [0.15, 0.2) is 0 Å². The van der Waals surface area contributed by atoms with E-state index >= 15 is 0 Å². The first-order valence-electron chi connectivity index (χ1n) is 8.33. The number of anilines is 1. The Hall–Kier alpha value is -2.25. The van der Waals surface area contributed by atoms with Crippen LogP contribution in [0.5, 0.6) is 0 Å². The molecular weight excluding hydrogens is 338 g/mol. The molecule has 0 bridgehead atoms. The number of carbonyl (C=O) groups excluding carboxylic acids is 2. The number of likely N-dealkylation sites (tertiary alicyclic amines) is 1. The molecule has 2 fully saturated rings. The first kappa shape index (κ1) is 16.2. The quantitative estimate of drug-likeness (QED) is 0.826. The van der Waals surface area contributed by atoms with Crippen LogP contribution in [0.2, 0.25) is 0 Å². The molecule has 0 atom stereocenters. The number of carbonyl (C=O) groups is 2. The van der Waals surface area contributed by atoms with Crippen molar-refractivity contribution in [3.05, 3.63) is 46.9 Å². The summed E-state index contributed by atoms with van der Waals surface area (Å²) < 4.78 is 5.94. The fourth-order valence-corrected chi connectivity index (χ4v) is 4.10. The summed E-state index contributed by atoms with van der Waals surface area (Å²) >= 11 is 1.58. The van der Waals surface area contributed by atoms with Crippen molar-refractivity contribution in [1.29, 1.82) is 0 Å². The van der Waals surface area contributed by atoms with E-state index in [1.165, 1.54) is 0 Å². The number of amides is 2. The molecule has 2 aromatic heterocycles. The molecule has 2 saturated heterocycles. The summed E-state index contributed by atoms with van der Waals surface area (Å²) in [6.07, 6.45) is 4.73. The number of piperidine rings is 1. The van der Waals surface area contributed by atoms with Gasteiger partial charge in [0.05, 0.1) is 17.8 Å². The van der Waals surface area contributed by atoms with Gasteiger partial charge in [0, 0.05) is 36.4 Å². The van der Waals surface area contributed by atoms with E-state index in [4.69, 9.17) is 4.74 Å². The van der Waals surface area contributed by atoms with Crippen molar-refractivity contribution in [3.63, 3.8) is 0 Å². The number of ether oxygens (including phenoxy) is 1. The van der Waals surface area contributed by atoms with Gasteiger partial charge in [-0.15, -0.1) is 0 Å². The minimum atomic E-state index is -0.356. The number of rotatable bonds is 2. The van der Waals surface area contributed by atoms with Gasteiger partial charge in [0.25, 0.3) is 11.8 Å². The van der Waals surface area contributed by atoms with Gasteiger partial charge in [-0.1, -0.05) is 0 Å². The lowest BCUT2D eigenvalue weighted by Crippen LogP contribution is -2.59. The van der Waals surface area contributed by atoms with Crippen LogP contribution in [0.4, 0.5) is 5.69 Å². The molecule has 0 N–H and O–H groups in total. The molecule has 7 heteroatoms. The maximum atomic E-state index is 12.6. The van der Waals surface area contributed by atoms with E-state index in [0.717, 1.165) is 18.5 Å². The zero-order valence-corrected chi connectivity index (χ0v) is 14.6. The lowest BCUT2D eigenvalue weighted by Gasteiger charge is -2.46. The Balaban J connectivity index is 1.44. The number of nitrogens with zero attached hydrogens (tertiary/aromatic N) is 3. The average molecular weight is 357 g/mol. The molecule has 1 spiro atoms. The van der Waals surface area contributed by atoms with Crippen LogP contribution in [0.3, 0.4) is 0 Å². The summed E-state index contributed by atoms with van der Waals surface area (Å²) in [6.45, 7) is 1.92. The normalized spacial score (nSPS) is 20.1.